The largest absolute Gasteiger partial charge is 0.481 e. The van der Waals surface area contributed by atoms with Crippen LogP contribution in [-0.4, -0.2) is 41.7 Å². The van der Waals surface area contributed by atoms with Gasteiger partial charge in [0.25, 0.3) is 0 Å². The highest BCUT2D eigenvalue weighted by atomic mass is 19.1. The fourth-order valence-electron chi connectivity index (χ4n) is 6.80. The van der Waals surface area contributed by atoms with Gasteiger partial charge < -0.3 is 15.4 Å². The molecule has 9 heteroatoms. The molecule has 0 aromatic carbocycles. The molecule has 0 amide bonds. The minimum atomic E-state index is -0.717. The Morgan fingerprint density at radius 1 is 1.18 bits per heavy atom. The lowest BCUT2D eigenvalue weighted by molar-refractivity contribution is -0.160. The van der Waals surface area contributed by atoms with E-state index in [1.807, 2.05) is 18.3 Å². The number of halogens is 1. The van der Waals surface area contributed by atoms with Crippen molar-refractivity contribution in [2.75, 3.05) is 5.32 Å². The van der Waals surface area contributed by atoms with Gasteiger partial charge in [-0.2, -0.15) is 4.39 Å². The van der Waals surface area contributed by atoms with Crippen molar-refractivity contribution in [2.45, 2.75) is 31.7 Å². The summed E-state index contributed by atoms with van der Waals surface area (Å²) >= 11 is 0. The van der Waals surface area contributed by atoms with E-state index in [4.69, 9.17) is 4.98 Å². The van der Waals surface area contributed by atoms with Crippen molar-refractivity contribution >= 4 is 28.2 Å². The van der Waals surface area contributed by atoms with Crippen LogP contribution in [0.25, 0.3) is 27.8 Å². The first-order valence-electron chi connectivity index (χ1n) is 11.6. The Morgan fingerprint density at radius 3 is 2.79 bits per heavy atom. The van der Waals surface area contributed by atoms with E-state index < -0.39 is 17.8 Å². The molecule has 0 spiro atoms. The highest BCUT2D eigenvalue weighted by Crippen LogP contribution is 2.60. The number of carboxylic acids is 1. The molecule has 4 saturated carbocycles. The van der Waals surface area contributed by atoms with Gasteiger partial charge in [0, 0.05) is 30.2 Å². The standard InChI is InChI=1S/C24H23FN6O2/c25-21-16-8-11(9-26-17(16)10-27-21)22-29-23(18-2-1-7-31(18)30-22)28-20-15-6-5-14(19(20)24(32)33)12-3-4-13(12)15/h1-2,7-10,12-15,19-20,27H,3-6H2,(H,32,33)(H,28,29,30)/t12?,13?,14-,15+,19-,20-/m0/s1. The molecule has 33 heavy (non-hydrogen) atoms. The monoisotopic (exact) mass is 446 g/mol. The number of aromatic amines is 1. The Bertz CT molecular complexity index is 1410. The molecule has 6 atom stereocenters. The van der Waals surface area contributed by atoms with Crippen molar-refractivity contribution < 1.29 is 14.3 Å². The highest BCUT2D eigenvalue weighted by molar-refractivity contribution is 5.83. The zero-order valence-corrected chi connectivity index (χ0v) is 17.8. The molecule has 0 aliphatic heterocycles. The Balaban J connectivity index is 1.32. The summed E-state index contributed by atoms with van der Waals surface area (Å²) < 4.78 is 15.8. The number of hydrogen-bond acceptors (Lipinski definition) is 5. The number of hydrogen-bond donors (Lipinski definition) is 3. The first-order valence-corrected chi connectivity index (χ1v) is 11.6. The predicted molar refractivity (Wildman–Crippen MR) is 119 cm³/mol. The molecule has 4 heterocycles. The molecule has 4 aliphatic carbocycles. The van der Waals surface area contributed by atoms with E-state index >= 15 is 0 Å². The number of nitrogens with one attached hydrogen (secondary N) is 2. The van der Waals surface area contributed by atoms with E-state index in [0.29, 0.717) is 45.9 Å². The molecule has 8 nitrogen and oxygen atoms in total. The second-order valence-corrected chi connectivity index (χ2v) is 9.73. The van der Waals surface area contributed by atoms with Crippen LogP contribution in [0.2, 0.25) is 0 Å². The number of aromatic nitrogens is 5. The summed E-state index contributed by atoms with van der Waals surface area (Å²) in [7, 11) is 0. The molecule has 4 aromatic rings. The summed E-state index contributed by atoms with van der Waals surface area (Å²) in [5.41, 5.74) is 1.92. The van der Waals surface area contributed by atoms with Crippen LogP contribution in [0.4, 0.5) is 10.2 Å². The fourth-order valence-corrected chi connectivity index (χ4v) is 6.80. The first-order chi connectivity index (χ1) is 16.1. The van der Waals surface area contributed by atoms with Gasteiger partial charge >= 0.3 is 5.97 Å². The van der Waals surface area contributed by atoms with Gasteiger partial charge in [-0.15, -0.1) is 5.10 Å². The average molecular weight is 446 g/mol. The normalized spacial score (nSPS) is 30.3. The molecular formula is C24H23FN6O2. The quantitative estimate of drug-likeness (QED) is 0.438. The summed E-state index contributed by atoms with van der Waals surface area (Å²) in [5, 5.41) is 18.7. The maximum absolute atomic E-state index is 14.1. The number of H-pyrrole nitrogens is 1. The minimum Gasteiger partial charge on any atom is -0.481 e. The van der Waals surface area contributed by atoms with E-state index in [0.717, 1.165) is 24.8 Å². The second-order valence-electron chi connectivity index (χ2n) is 9.73. The highest BCUT2D eigenvalue weighted by Gasteiger charge is 2.59. The third kappa shape index (κ3) is 2.68. The molecule has 0 saturated heterocycles. The van der Waals surface area contributed by atoms with Crippen LogP contribution in [-0.2, 0) is 4.79 Å². The Morgan fingerprint density at radius 2 is 1.97 bits per heavy atom. The van der Waals surface area contributed by atoms with E-state index in [-0.39, 0.29) is 12.0 Å². The molecular weight excluding hydrogens is 423 g/mol. The van der Waals surface area contributed by atoms with Crippen LogP contribution < -0.4 is 5.32 Å². The fraction of sp³-hybridized carbons (Fsp3) is 0.417. The van der Waals surface area contributed by atoms with Gasteiger partial charge in [0.15, 0.2) is 11.6 Å². The molecule has 3 N–H and O–H groups in total. The van der Waals surface area contributed by atoms with Crippen molar-refractivity contribution in [1.29, 1.82) is 0 Å². The van der Waals surface area contributed by atoms with Crippen LogP contribution >= 0.6 is 0 Å². The van der Waals surface area contributed by atoms with Crippen LogP contribution in [0, 0.1) is 35.5 Å². The molecule has 0 radical (unpaired) electrons. The van der Waals surface area contributed by atoms with Crippen LogP contribution in [0.15, 0.2) is 36.8 Å². The van der Waals surface area contributed by atoms with Crippen molar-refractivity contribution in [3.05, 3.63) is 42.7 Å². The zero-order chi connectivity index (χ0) is 22.3. The van der Waals surface area contributed by atoms with Crippen molar-refractivity contribution in [3.63, 3.8) is 0 Å². The van der Waals surface area contributed by atoms with Crippen LogP contribution in [0.3, 0.4) is 0 Å². The van der Waals surface area contributed by atoms with E-state index in [1.54, 1.807) is 16.8 Å². The van der Waals surface area contributed by atoms with Gasteiger partial charge in [0.1, 0.15) is 5.52 Å². The second kappa shape index (κ2) is 6.76. The Kier molecular flexibility index (Phi) is 3.89. The van der Waals surface area contributed by atoms with Crippen molar-refractivity contribution in [1.82, 2.24) is 24.6 Å². The number of nitrogens with zero attached hydrogens (tertiary/aromatic N) is 4. The third-order valence-electron chi connectivity index (χ3n) is 8.35. The minimum absolute atomic E-state index is 0.160. The zero-order valence-electron chi connectivity index (χ0n) is 17.8. The maximum atomic E-state index is 14.1. The summed E-state index contributed by atoms with van der Waals surface area (Å²) in [6.45, 7) is 0. The van der Waals surface area contributed by atoms with E-state index in [1.165, 1.54) is 12.6 Å². The predicted octanol–water partition coefficient (Wildman–Crippen LogP) is 3.96. The van der Waals surface area contributed by atoms with Crippen molar-refractivity contribution in [3.8, 4) is 11.4 Å². The average Bonchev–Trinajstić information content (AvgIpc) is 3.40. The molecule has 2 bridgehead atoms. The smallest absolute Gasteiger partial charge is 0.308 e. The first kappa shape index (κ1) is 19.0. The maximum Gasteiger partial charge on any atom is 0.308 e. The lowest BCUT2D eigenvalue weighted by Gasteiger charge is -2.60. The number of fused-ring (bicyclic) bond motifs is 4. The molecule has 8 rings (SSSR count). The number of pyridine rings is 1. The lowest BCUT2D eigenvalue weighted by atomic mass is 9.46. The number of aliphatic carboxylic acids is 1. The lowest BCUT2D eigenvalue weighted by Crippen LogP contribution is -2.61. The number of carbonyl (C=O) groups is 1. The summed E-state index contributed by atoms with van der Waals surface area (Å²) in [6.07, 6.45) is 9.41. The number of anilines is 1. The van der Waals surface area contributed by atoms with E-state index in [2.05, 4.69) is 20.4 Å². The van der Waals surface area contributed by atoms with Gasteiger partial charge in [-0.05, 0) is 67.6 Å². The molecule has 2 unspecified atom stereocenters. The molecule has 4 fully saturated rings. The molecule has 168 valence electrons. The summed E-state index contributed by atoms with van der Waals surface area (Å²) in [6, 6.07) is 5.33. The van der Waals surface area contributed by atoms with Gasteiger partial charge in [0.05, 0.1) is 16.8 Å². The topological polar surface area (TPSA) is 108 Å². The van der Waals surface area contributed by atoms with Crippen LogP contribution in [0.5, 0.6) is 0 Å². The molecule has 4 aromatic heterocycles. The number of carboxylic acid groups (broad SMARTS) is 1. The molecule has 4 aliphatic rings. The summed E-state index contributed by atoms with van der Waals surface area (Å²) in [5.74, 6) is 1.19. The van der Waals surface area contributed by atoms with Gasteiger partial charge in [-0.25, -0.2) is 9.50 Å². The van der Waals surface area contributed by atoms with Gasteiger partial charge in [-0.3, -0.25) is 9.78 Å². The van der Waals surface area contributed by atoms with Gasteiger partial charge in [0.2, 0.25) is 5.95 Å². The Hall–Kier alpha value is -3.49. The SMILES string of the molecule is O=C(O)[C@@H]1[C@@H](Nc2nc(-c3cnc4c[nH]c(F)c4c3)nn3cccc23)[C@@H]2CC[C@H]1C1CCC12. The third-order valence-corrected chi connectivity index (χ3v) is 8.35. The van der Waals surface area contributed by atoms with Gasteiger partial charge in [-0.1, -0.05) is 0 Å². The Labute approximate surface area is 188 Å². The number of rotatable bonds is 4. The van der Waals surface area contributed by atoms with E-state index in [9.17, 15) is 14.3 Å². The van der Waals surface area contributed by atoms with Crippen LogP contribution in [0.1, 0.15) is 25.7 Å². The van der Waals surface area contributed by atoms with Crippen molar-refractivity contribution in [2.24, 2.45) is 29.6 Å². The summed E-state index contributed by atoms with van der Waals surface area (Å²) in [4.78, 5) is 24.0.